The molecule has 0 spiro atoms. The fourth-order valence-electron chi connectivity index (χ4n) is 3.79. The predicted molar refractivity (Wildman–Crippen MR) is 94.1 cm³/mol. The first-order chi connectivity index (χ1) is 10.7. The molecule has 4 aliphatic carbocycles. The number of halogens is 2. The van der Waals surface area contributed by atoms with E-state index in [1.807, 2.05) is 12.2 Å². The largest absolute Gasteiger partial charge is 1.00 e. The molecule has 4 atom stereocenters. The van der Waals surface area contributed by atoms with Gasteiger partial charge in [0.1, 0.15) is 0 Å². The molecule has 0 nitrogen and oxygen atoms in total. The van der Waals surface area contributed by atoms with Crippen LogP contribution in [-0.4, -0.2) is 6.19 Å². The second kappa shape index (κ2) is 13.6. The maximum absolute atomic E-state index is 2.99. The molecule has 0 N–H and O–H groups in total. The molecule has 4 unspecified atom stereocenters. The second-order valence-corrected chi connectivity index (χ2v) is 13.4. The summed E-state index contributed by atoms with van der Waals surface area (Å²) in [5.74, 6) is 3.56. The molecule has 4 rings (SSSR count). The average molecular weight is 415 g/mol. The van der Waals surface area contributed by atoms with Crippen LogP contribution in [0.1, 0.15) is 32.1 Å². The quantitative estimate of drug-likeness (QED) is 0.369. The number of allylic oxidation sites excluding steroid dienone is 8. The molecule has 0 aromatic heterocycles. The summed E-state index contributed by atoms with van der Waals surface area (Å²) >= 11 is 2.27. The van der Waals surface area contributed by atoms with Crippen LogP contribution < -0.4 is 24.8 Å². The summed E-state index contributed by atoms with van der Waals surface area (Å²) in [5, 5.41) is 0. The minimum Gasteiger partial charge on any atom is -1.00 e. The van der Waals surface area contributed by atoms with Crippen molar-refractivity contribution in [1.82, 2.24) is 0 Å². The van der Waals surface area contributed by atoms with Crippen LogP contribution in [0.25, 0.3) is 0 Å². The van der Waals surface area contributed by atoms with Crippen LogP contribution in [-0.2, 0) is 19.2 Å². The predicted octanol–water partition coefficient (Wildman–Crippen LogP) is -0.533. The molecule has 0 aromatic carbocycles. The molecule has 0 bridgehead atoms. The Balaban J connectivity index is 0.000000409. The third kappa shape index (κ3) is 8.23. The number of fused-ring (bicyclic) bond motifs is 3. The van der Waals surface area contributed by atoms with Gasteiger partial charge in [-0.2, -0.15) is 12.0 Å². The summed E-state index contributed by atoms with van der Waals surface area (Å²) in [6.07, 6.45) is 27.9. The minimum absolute atomic E-state index is 0. The summed E-state index contributed by atoms with van der Waals surface area (Å²) in [5.41, 5.74) is 0. The minimum atomic E-state index is 0. The van der Waals surface area contributed by atoms with E-state index in [4.69, 9.17) is 0 Å². The standard InChI is InChI=1S/C13H17.C5H5.C2H6Si.2ClH.Ti/c1-3-7-12-10(5-1)9-11-6-2-4-8-13(11)12;1-2-4-5-3-1;1-3-2;;;/h1,3,5,7,9-13H,2,4,6,8H2;1-3H,4H2;1-2H3;2*1H;/q2*-1;;;;+2/p-2. The van der Waals surface area contributed by atoms with Crippen molar-refractivity contribution in [2.24, 2.45) is 23.7 Å². The smallest absolute Gasteiger partial charge is 0.109 e. The van der Waals surface area contributed by atoms with Crippen LogP contribution in [0, 0.1) is 36.2 Å². The average Bonchev–Trinajstić information content (AvgIpc) is 3.18. The Morgan fingerprint density at radius 3 is 2.29 bits per heavy atom. The zero-order chi connectivity index (χ0) is 15.8. The first kappa shape index (κ1) is 24.5. The van der Waals surface area contributed by atoms with Gasteiger partial charge in [-0.25, -0.2) is 12.2 Å². The second-order valence-electron chi connectivity index (χ2n) is 6.73. The molecule has 0 saturated heterocycles. The van der Waals surface area contributed by atoms with E-state index in [9.17, 15) is 0 Å². The van der Waals surface area contributed by atoms with Crippen LogP contribution in [0.4, 0.5) is 0 Å². The summed E-state index contributed by atoms with van der Waals surface area (Å²) in [4.78, 5) is 0. The number of rotatable bonds is 0. The van der Waals surface area contributed by atoms with Crippen LogP contribution in [0.5, 0.6) is 0 Å². The van der Waals surface area contributed by atoms with Crippen molar-refractivity contribution in [2.75, 3.05) is 0 Å². The van der Waals surface area contributed by atoms with Gasteiger partial charge in [0.05, 0.1) is 0 Å². The summed E-state index contributed by atoms with van der Waals surface area (Å²) in [6.45, 7) is 4.54. The van der Waals surface area contributed by atoms with E-state index >= 15 is 0 Å². The van der Waals surface area contributed by atoms with Crippen molar-refractivity contribution < 1.29 is 44.0 Å². The van der Waals surface area contributed by atoms with E-state index in [0.717, 1.165) is 30.1 Å². The molecule has 0 aliphatic heterocycles. The van der Waals surface area contributed by atoms with Gasteiger partial charge in [0, 0.05) is 0 Å². The Kier molecular flexibility index (Phi) is 13.9. The summed E-state index contributed by atoms with van der Waals surface area (Å²) in [6, 6.07) is 0. The van der Waals surface area contributed by atoms with Crippen LogP contribution in [0.15, 0.2) is 42.5 Å². The van der Waals surface area contributed by atoms with Crippen molar-refractivity contribution in [2.45, 2.75) is 45.2 Å². The molecule has 0 heterocycles. The third-order valence-corrected chi connectivity index (χ3v) is 4.65. The van der Waals surface area contributed by atoms with E-state index in [1.165, 1.54) is 25.7 Å². The van der Waals surface area contributed by atoms with Gasteiger partial charge in [-0.1, -0.05) is 49.8 Å². The first-order valence-corrected chi connectivity index (χ1v) is 13.5. The van der Waals surface area contributed by atoms with Gasteiger partial charge in [-0.15, -0.1) is 18.4 Å². The van der Waals surface area contributed by atoms with Gasteiger partial charge in [-0.05, 0) is 5.92 Å². The van der Waals surface area contributed by atoms with Crippen molar-refractivity contribution in [1.29, 1.82) is 0 Å². The van der Waals surface area contributed by atoms with Gasteiger partial charge in [0.2, 0.25) is 0 Å². The molecule has 4 aliphatic rings. The SMILES string of the molecule is C1=CC2[CH-]C3CCCCC3C2C=C1.C[Si](C)=[Ti+2].[C-]1=CC=CC1.[Cl-].[Cl-]. The van der Waals surface area contributed by atoms with E-state index < -0.39 is 0 Å². The third-order valence-electron chi connectivity index (χ3n) is 4.65. The van der Waals surface area contributed by atoms with E-state index in [2.05, 4.69) is 75.1 Å². The van der Waals surface area contributed by atoms with Crippen LogP contribution in [0.2, 0.25) is 13.1 Å². The molecule has 4 heteroatoms. The molecule has 2 saturated carbocycles. The van der Waals surface area contributed by atoms with Crippen molar-refractivity contribution >= 4 is 6.19 Å². The number of hydrogen-bond donors (Lipinski definition) is 0. The molecule has 0 aromatic rings. The Bertz CT molecular complexity index is 468. The Labute approximate surface area is 173 Å². The van der Waals surface area contributed by atoms with Crippen LogP contribution in [0.3, 0.4) is 0 Å². The van der Waals surface area contributed by atoms with E-state index in [0.29, 0.717) is 0 Å². The van der Waals surface area contributed by atoms with E-state index in [-0.39, 0.29) is 31.0 Å². The van der Waals surface area contributed by atoms with Gasteiger partial charge < -0.3 is 31.2 Å². The topological polar surface area (TPSA) is 0 Å². The zero-order valence-corrected chi connectivity index (χ0v) is 18.8. The molecule has 24 heavy (non-hydrogen) atoms. The Morgan fingerprint density at radius 1 is 1.04 bits per heavy atom. The van der Waals surface area contributed by atoms with Gasteiger partial charge in [-0.3, -0.25) is 6.08 Å². The molecule has 2 fully saturated rings. The molecule has 0 radical (unpaired) electrons. The van der Waals surface area contributed by atoms with Crippen molar-refractivity contribution in [3.05, 3.63) is 55.0 Å². The fourth-order valence-corrected chi connectivity index (χ4v) is 3.79. The maximum Gasteiger partial charge on any atom is -0.109 e. The zero-order valence-electron chi connectivity index (χ0n) is 14.7. The summed E-state index contributed by atoms with van der Waals surface area (Å²) in [7, 11) is 0. The molecule has 132 valence electrons. The molecule has 0 amide bonds. The maximum atomic E-state index is 2.99. The fraction of sp³-hybridized carbons (Fsp3) is 0.550. The van der Waals surface area contributed by atoms with Gasteiger partial charge in [0.15, 0.2) is 0 Å². The normalized spacial score (nSPS) is 30.5. The Morgan fingerprint density at radius 2 is 1.71 bits per heavy atom. The number of hydrogen-bond acceptors (Lipinski definition) is 0. The monoisotopic (exact) mass is 414 g/mol. The van der Waals surface area contributed by atoms with Crippen molar-refractivity contribution in [3.8, 4) is 0 Å². The van der Waals surface area contributed by atoms with Crippen molar-refractivity contribution in [3.63, 3.8) is 0 Å². The van der Waals surface area contributed by atoms with E-state index in [1.54, 1.807) is 0 Å². The Hall–Kier alpha value is 0.471. The molecular weight excluding hydrogens is 387 g/mol. The molecular formula is C20H28Cl2SiTi-2. The van der Waals surface area contributed by atoms with Crippen LogP contribution >= 0.6 is 0 Å². The van der Waals surface area contributed by atoms with Gasteiger partial charge >= 0.3 is 38.5 Å². The first-order valence-electron chi connectivity index (χ1n) is 8.62. The van der Waals surface area contributed by atoms with Gasteiger partial charge in [0.25, 0.3) is 0 Å². The summed E-state index contributed by atoms with van der Waals surface area (Å²) < 4.78 is 0.